The molecule has 1 aliphatic heterocycles. The van der Waals surface area contributed by atoms with Gasteiger partial charge in [0.2, 0.25) is 0 Å². The van der Waals surface area contributed by atoms with Gasteiger partial charge in [0.15, 0.2) is 5.65 Å². The minimum Gasteiger partial charge on any atom is -0.354 e. The van der Waals surface area contributed by atoms with Crippen LogP contribution >= 0.6 is 0 Å². The number of piperazine rings is 1. The van der Waals surface area contributed by atoms with Crippen LogP contribution in [0.4, 0.5) is 5.82 Å². The highest BCUT2D eigenvalue weighted by molar-refractivity contribution is 5.47. The molecule has 1 saturated heterocycles. The van der Waals surface area contributed by atoms with Crippen LogP contribution in [0.5, 0.6) is 0 Å². The lowest BCUT2D eigenvalue weighted by atomic mass is 10.2. The van der Waals surface area contributed by atoms with E-state index in [4.69, 9.17) is 0 Å². The van der Waals surface area contributed by atoms with Gasteiger partial charge in [-0.1, -0.05) is 30.3 Å². The molecule has 0 saturated carbocycles. The number of hydrogen-bond acceptors (Lipinski definition) is 4. The molecule has 3 aromatic rings. The van der Waals surface area contributed by atoms with E-state index in [1.54, 1.807) is 10.7 Å². The summed E-state index contributed by atoms with van der Waals surface area (Å²) in [4.78, 5) is 9.53. The SMILES string of the molecule is c1ccc(CN2CCN(c3ccn4nccc4n3)CC2)cc1. The second-order valence-corrected chi connectivity index (χ2v) is 5.67. The Hall–Kier alpha value is -2.40. The number of rotatable bonds is 3. The van der Waals surface area contributed by atoms with Crippen LogP contribution in [0.2, 0.25) is 0 Å². The maximum atomic E-state index is 4.68. The third kappa shape index (κ3) is 2.67. The molecule has 4 rings (SSSR count). The zero-order valence-corrected chi connectivity index (χ0v) is 12.5. The molecular formula is C17H19N5. The number of aromatic nitrogens is 3. The van der Waals surface area contributed by atoms with Crippen molar-refractivity contribution in [2.45, 2.75) is 6.54 Å². The molecule has 0 amide bonds. The van der Waals surface area contributed by atoms with Crippen molar-refractivity contribution in [3.63, 3.8) is 0 Å². The lowest BCUT2D eigenvalue weighted by molar-refractivity contribution is 0.249. The van der Waals surface area contributed by atoms with Crippen LogP contribution in [0.1, 0.15) is 5.56 Å². The topological polar surface area (TPSA) is 36.7 Å². The van der Waals surface area contributed by atoms with Crippen LogP contribution in [0.25, 0.3) is 5.65 Å². The van der Waals surface area contributed by atoms with Crippen LogP contribution in [0, 0.1) is 0 Å². The molecule has 2 aromatic heterocycles. The van der Waals surface area contributed by atoms with Crippen molar-refractivity contribution in [3.05, 3.63) is 60.4 Å². The molecule has 5 heteroatoms. The molecule has 1 fully saturated rings. The van der Waals surface area contributed by atoms with Gasteiger partial charge in [-0.25, -0.2) is 9.50 Å². The van der Waals surface area contributed by atoms with Gasteiger partial charge in [0, 0.05) is 45.0 Å². The normalized spacial score (nSPS) is 16.3. The molecule has 0 spiro atoms. The minimum atomic E-state index is 0.907. The summed E-state index contributed by atoms with van der Waals surface area (Å²) in [5.41, 5.74) is 2.29. The van der Waals surface area contributed by atoms with Crippen LogP contribution in [0.15, 0.2) is 54.9 Å². The van der Waals surface area contributed by atoms with Gasteiger partial charge in [-0.3, -0.25) is 4.90 Å². The van der Waals surface area contributed by atoms with Crippen LogP contribution in [0.3, 0.4) is 0 Å². The van der Waals surface area contributed by atoms with E-state index < -0.39 is 0 Å². The second-order valence-electron chi connectivity index (χ2n) is 5.67. The van der Waals surface area contributed by atoms with Gasteiger partial charge >= 0.3 is 0 Å². The predicted octanol–water partition coefficient (Wildman–Crippen LogP) is 2.05. The highest BCUT2D eigenvalue weighted by Gasteiger charge is 2.18. The van der Waals surface area contributed by atoms with Gasteiger partial charge in [0.25, 0.3) is 0 Å². The lowest BCUT2D eigenvalue weighted by Gasteiger charge is -2.35. The molecule has 0 aliphatic carbocycles. The van der Waals surface area contributed by atoms with Gasteiger partial charge in [0.05, 0.1) is 6.20 Å². The van der Waals surface area contributed by atoms with Crippen molar-refractivity contribution >= 4 is 11.5 Å². The average molecular weight is 293 g/mol. The third-order valence-electron chi connectivity index (χ3n) is 4.19. The Labute approximate surface area is 129 Å². The van der Waals surface area contributed by atoms with E-state index in [0.717, 1.165) is 44.2 Å². The van der Waals surface area contributed by atoms with E-state index in [1.807, 2.05) is 18.3 Å². The van der Waals surface area contributed by atoms with Gasteiger partial charge in [-0.2, -0.15) is 5.10 Å². The second kappa shape index (κ2) is 5.77. The zero-order valence-electron chi connectivity index (χ0n) is 12.5. The quantitative estimate of drug-likeness (QED) is 0.740. The fourth-order valence-electron chi connectivity index (χ4n) is 2.96. The standard InChI is InChI=1S/C17H19N5/c1-2-4-15(5-3-1)14-20-10-12-21(13-11-20)16-7-9-22-17(19-16)6-8-18-22/h1-9H,10-14H2. The first-order valence-electron chi connectivity index (χ1n) is 7.70. The zero-order chi connectivity index (χ0) is 14.8. The largest absolute Gasteiger partial charge is 0.354 e. The molecule has 112 valence electrons. The average Bonchev–Trinajstić information content (AvgIpc) is 3.04. The Morgan fingerprint density at radius 3 is 2.55 bits per heavy atom. The Bertz CT molecular complexity index is 744. The predicted molar refractivity (Wildman–Crippen MR) is 86.9 cm³/mol. The van der Waals surface area contributed by atoms with Gasteiger partial charge in [0.1, 0.15) is 5.82 Å². The maximum absolute atomic E-state index is 4.68. The van der Waals surface area contributed by atoms with Gasteiger partial charge in [-0.05, 0) is 11.6 Å². The highest BCUT2D eigenvalue weighted by Crippen LogP contribution is 2.16. The fraction of sp³-hybridized carbons (Fsp3) is 0.294. The van der Waals surface area contributed by atoms with E-state index in [1.165, 1.54) is 5.56 Å². The molecule has 0 N–H and O–H groups in total. The summed E-state index contributed by atoms with van der Waals surface area (Å²) in [6.07, 6.45) is 3.76. The first-order valence-corrected chi connectivity index (χ1v) is 7.70. The fourth-order valence-corrected chi connectivity index (χ4v) is 2.96. The van der Waals surface area contributed by atoms with E-state index in [-0.39, 0.29) is 0 Å². The number of nitrogens with zero attached hydrogens (tertiary/aromatic N) is 5. The monoisotopic (exact) mass is 293 g/mol. The first kappa shape index (κ1) is 13.3. The van der Waals surface area contributed by atoms with Crippen molar-refractivity contribution in [3.8, 4) is 0 Å². The lowest BCUT2D eigenvalue weighted by Crippen LogP contribution is -2.46. The molecule has 1 aliphatic rings. The Kier molecular flexibility index (Phi) is 3.48. The van der Waals surface area contributed by atoms with Crippen LogP contribution in [-0.4, -0.2) is 45.7 Å². The van der Waals surface area contributed by atoms with Crippen molar-refractivity contribution in [2.24, 2.45) is 0 Å². The Balaban J connectivity index is 1.41. The summed E-state index contributed by atoms with van der Waals surface area (Å²) in [6, 6.07) is 14.7. The number of anilines is 1. The molecule has 0 unspecified atom stereocenters. The van der Waals surface area contributed by atoms with Gasteiger partial charge < -0.3 is 4.90 Å². The van der Waals surface area contributed by atoms with Crippen molar-refractivity contribution in [1.82, 2.24) is 19.5 Å². The number of hydrogen-bond donors (Lipinski definition) is 0. The molecule has 22 heavy (non-hydrogen) atoms. The summed E-state index contributed by atoms with van der Waals surface area (Å²) in [7, 11) is 0. The Morgan fingerprint density at radius 2 is 1.73 bits per heavy atom. The summed E-state index contributed by atoms with van der Waals surface area (Å²) in [6.45, 7) is 5.21. The van der Waals surface area contributed by atoms with Crippen molar-refractivity contribution in [1.29, 1.82) is 0 Å². The van der Waals surface area contributed by atoms with E-state index >= 15 is 0 Å². The smallest absolute Gasteiger partial charge is 0.157 e. The molecule has 5 nitrogen and oxygen atoms in total. The minimum absolute atomic E-state index is 0.907. The van der Waals surface area contributed by atoms with Gasteiger partial charge in [-0.15, -0.1) is 0 Å². The molecule has 3 heterocycles. The summed E-state index contributed by atoms with van der Waals surface area (Å²) in [5.74, 6) is 1.05. The van der Waals surface area contributed by atoms with E-state index in [9.17, 15) is 0 Å². The first-order chi connectivity index (χ1) is 10.9. The summed E-state index contributed by atoms with van der Waals surface area (Å²) in [5, 5.41) is 4.19. The van der Waals surface area contributed by atoms with Crippen LogP contribution in [-0.2, 0) is 6.54 Å². The third-order valence-corrected chi connectivity index (χ3v) is 4.19. The molecule has 1 aromatic carbocycles. The number of fused-ring (bicyclic) bond motifs is 1. The summed E-state index contributed by atoms with van der Waals surface area (Å²) < 4.78 is 1.80. The van der Waals surface area contributed by atoms with E-state index in [0.29, 0.717) is 0 Å². The molecular weight excluding hydrogens is 274 g/mol. The van der Waals surface area contributed by atoms with Crippen molar-refractivity contribution in [2.75, 3.05) is 31.1 Å². The molecule has 0 radical (unpaired) electrons. The highest BCUT2D eigenvalue weighted by atomic mass is 15.3. The molecule has 0 bridgehead atoms. The summed E-state index contributed by atoms with van der Waals surface area (Å²) >= 11 is 0. The molecule has 0 atom stereocenters. The Morgan fingerprint density at radius 1 is 0.909 bits per heavy atom. The number of benzene rings is 1. The maximum Gasteiger partial charge on any atom is 0.157 e. The van der Waals surface area contributed by atoms with E-state index in [2.05, 4.69) is 50.2 Å². The van der Waals surface area contributed by atoms with Crippen LogP contribution < -0.4 is 4.90 Å². The van der Waals surface area contributed by atoms with Crippen molar-refractivity contribution < 1.29 is 0 Å².